The van der Waals surface area contributed by atoms with Gasteiger partial charge in [-0.05, 0) is 29.2 Å². The summed E-state index contributed by atoms with van der Waals surface area (Å²) in [6, 6.07) is 10.7. The summed E-state index contributed by atoms with van der Waals surface area (Å²) in [5, 5.41) is 5.62. The maximum Gasteiger partial charge on any atom is 0.271 e. The van der Waals surface area contributed by atoms with Gasteiger partial charge < -0.3 is 15.6 Å². The fourth-order valence-electron chi connectivity index (χ4n) is 2.69. The van der Waals surface area contributed by atoms with Crippen molar-refractivity contribution in [1.82, 2.24) is 15.0 Å². The number of H-pyrrole nitrogens is 1. The van der Waals surface area contributed by atoms with E-state index in [0.717, 1.165) is 5.56 Å². The Morgan fingerprint density at radius 2 is 1.79 bits per heavy atom. The quantitative estimate of drug-likeness (QED) is 0.647. The van der Waals surface area contributed by atoms with Crippen LogP contribution in [0.3, 0.4) is 0 Å². The maximum atomic E-state index is 12.6. The summed E-state index contributed by atoms with van der Waals surface area (Å²) in [7, 11) is 1.76. The second-order valence-electron chi connectivity index (χ2n) is 7.45. The number of aromatic amines is 1. The summed E-state index contributed by atoms with van der Waals surface area (Å²) in [5.41, 5.74) is 2.69. The maximum absolute atomic E-state index is 12.6. The Hall–Kier alpha value is -3.48. The van der Waals surface area contributed by atoms with Gasteiger partial charge in [0.05, 0.1) is 5.69 Å². The number of carbonyl (C=O) groups excluding carboxylic acids is 1. The number of benzene rings is 1. The highest BCUT2D eigenvalue weighted by atomic mass is 16.2. The minimum atomic E-state index is -0.383. The molecule has 0 saturated heterocycles. The third kappa shape index (κ3) is 4.25. The van der Waals surface area contributed by atoms with Gasteiger partial charge in [-0.25, -0.2) is 9.97 Å². The van der Waals surface area contributed by atoms with Crippen molar-refractivity contribution in [3.8, 4) is 11.3 Å². The lowest BCUT2D eigenvalue weighted by Crippen LogP contribution is -2.20. The first-order valence-corrected chi connectivity index (χ1v) is 8.93. The Bertz CT molecular complexity index is 1050. The van der Waals surface area contributed by atoms with Gasteiger partial charge in [0.1, 0.15) is 17.8 Å². The fraction of sp³-hybridized carbons (Fsp3) is 0.238. The zero-order valence-electron chi connectivity index (χ0n) is 16.3. The summed E-state index contributed by atoms with van der Waals surface area (Å²) >= 11 is 0. The van der Waals surface area contributed by atoms with Crippen LogP contribution in [-0.4, -0.2) is 27.9 Å². The molecule has 0 radical (unpaired) electrons. The van der Waals surface area contributed by atoms with Gasteiger partial charge in [0.2, 0.25) is 0 Å². The van der Waals surface area contributed by atoms with E-state index in [0.29, 0.717) is 22.6 Å². The van der Waals surface area contributed by atoms with Crippen LogP contribution in [-0.2, 0) is 5.41 Å². The van der Waals surface area contributed by atoms with Crippen molar-refractivity contribution in [2.24, 2.45) is 0 Å². The number of carbonyl (C=O) groups is 1. The van der Waals surface area contributed by atoms with Gasteiger partial charge in [0, 0.05) is 30.4 Å². The van der Waals surface area contributed by atoms with Crippen LogP contribution in [0.25, 0.3) is 11.3 Å². The first kappa shape index (κ1) is 19.3. The molecule has 0 aliphatic heterocycles. The SMILES string of the molecule is CNc1cc(-c2c[nH]c(=O)c(NC(=O)c3ccc(C(C)(C)C)cc3)c2)ncn1. The van der Waals surface area contributed by atoms with E-state index in [1.165, 1.54) is 6.33 Å². The monoisotopic (exact) mass is 377 g/mol. The Morgan fingerprint density at radius 3 is 2.43 bits per heavy atom. The average molecular weight is 377 g/mol. The summed E-state index contributed by atoms with van der Waals surface area (Å²) < 4.78 is 0. The van der Waals surface area contributed by atoms with E-state index in [1.807, 2.05) is 12.1 Å². The molecule has 3 rings (SSSR count). The smallest absolute Gasteiger partial charge is 0.271 e. The van der Waals surface area contributed by atoms with Crippen LogP contribution in [0, 0.1) is 0 Å². The molecule has 0 spiro atoms. The predicted octanol–water partition coefficient (Wildman–Crippen LogP) is 3.42. The van der Waals surface area contributed by atoms with Gasteiger partial charge >= 0.3 is 0 Å². The first-order chi connectivity index (χ1) is 13.3. The first-order valence-electron chi connectivity index (χ1n) is 8.93. The Kier molecular flexibility index (Phi) is 5.26. The van der Waals surface area contributed by atoms with E-state index < -0.39 is 0 Å². The van der Waals surface area contributed by atoms with E-state index >= 15 is 0 Å². The molecule has 3 N–H and O–H groups in total. The van der Waals surface area contributed by atoms with Crippen LogP contribution in [0.15, 0.2) is 53.7 Å². The van der Waals surface area contributed by atoms with Gasteiger partial charge in [-0.15, -0.1) is 0 Å². The zero-order valence-corrected chi connectivity index (χ0v) is 16.3. The minimum absolute atomic E-state index is 0.00419. The molecule has 2 heterocycles. The number of nitrogens with one attached hydrogen (secondary N) is 3. The normalized spacial score (nSPS) is 11.1. The number of amides is 1. The lowest BCUT2D eigenvalue weighted by atomic mass is 9.87. The summed E-state index contributed by atoms with van der Waals surface area (Å²) in [5.74, 6) is 0.308. The molecule has 0 fully saturated rings. The second-order valence-corrected chi connectivity index (χ2v) is 7.45. The molecule has 28 heavy (non-hydrogen) atoms. The molecule has 0 atom stereocenters. The van der Waals surface area contributed by atoms with Crippen molar-refractivity contribution in [1.29, 1.82) is 0 Å². The molecule has 0 aliphatic carbocycles. The van der Waals surface area contributed by atoms with E-state index in [-0.39, 0.29) is 22.6 Å². The third-order valence-electron chi connectivity index (χ3n) is 4.38. The lowest BCUT2D eigenvalue weighted by molar-refractivity contribution is 0.102. The van der Waals surface area contributed by atoms with Crippen LogP contribution >= 0.6 is 0 Å². The molecule has 7 heteroatoms. The summed E-state index contributed by atoms with van der Waals surface area (Å²) in [6.45, 7) is 6.33. The molecule has 0 aliphatic rings. The number of rotatable bonds is 4. The topological polar surface area (TPSA) is 99.8 Å². The highest BCUT2D eigenvalue weighted by molar-refractivity contribution is 6.04. The predicted molar refractivity (Wildman–Crippen MR) is 111 cm³/mol. The third-order valence-corrected chi connectivity index (χ3v) is 4.38. The van der Waals surface area contributed by atoms with E-state index in [9.17, 15) is 9.59 Å². The van der Waals surface area contributed by atoms with Crippen molar-refractivity contribution < 1.29 is 4.79 Å². The highest BCUT2D eigenvalue weighted by Crippen LogP contribution is 2.23. The summed E-state index contributed by atoms with van der Waals surface area (Å²) in [6.07, 6.45) is 2.99. The van der Waals surface area contributed by atoms with E-state index in [2.05, 4.69) is 46.4 Å². The van der Waals surface area contributed by atoms with Crippen molar-refractivity contribution in [2.75, 3.05) is 17.7 Å². The van der Waals surface area contributed by atoms with Crippen molar-refractivity contribution in [3.63, 3.8) is 0 Å². The van der Waals surface area contributed by atoms with Crippen molar-refractivity contribution >= 4 is 17.4 Å². The zero-order chi connectivity index (χ0) is 20.3. The van der Waals surface area contributed by atoms with Gasteiger partial charge in [0.25, 0.3) is 11.5 Å². The van der Waals surface area contributed by atoms with Crippen LogP contribution in [0.5, 0.6) is 0 Å². The van der Waals surface area contributed by atoms with Gasteiger partial charge in [-0.3, -0.25) is 9.59 Å². The number of aromatic nitrogens is 3. The Balaban J connectivity index is 1.85. The van der Waals surface area contributed by atoms with Crippen molar-refractivity contribution in [3.05, 3.63) is 70.4 Å². The molecule has 0 bridgehead atoms. The Labute approximate surface area is 163 Å². The second kappa shape index (κ2) is 7.64. The minimum Gasteiger partial charge on any atom is -0.373 e. The molecule has 2 aromatic heterocycles. The molecule has 3 aromatic rings. The molecule has 0 unspecified atom stereocenters. The Morgan fingerprint density at radius 1 is 1.07 bits per heavy atom. The van der Waals surface area contributed by atoms with E-state index in [1.54, 1.807) is 37.5 Å². The molecule has 0 saturated carbocycles. The number of hydrogen-bond donors (Lipinski definition) is 3. The lowest BCUT2D eigenvalue weighted by Gasteiger charge is -2.19. The largest absolute Gasteiger partial charge is 0.373 e. The number of nitrogens with zero attached hydrogens (tertiary/aromatic N) is 2. The number of hydrogen-bond acceptors (Lipinski definition) is 5. The summed E-state index contributed by atoms with van der Waals surface area (Å²) in [4.78, 5) is 35.7. The van der Waals surface area contributed by atoms with Crippen LogP contribution < -0.4 is 16.2 Å². The van der Waals surface area contributed by atoms with E-state index in [4.69, 9.17) is 0 Å². The van der Waals surface area contributed by atoms with Crippen molar-refractivity contribution in [2.45, 2.75) is 26.2 Å². The molecule has 144 valence electrons. The molecule has 1 aromatic carbocycles. The molecular formula is C21H23N5O2. The molecule has 7 nitrogen and oxygen atoms in total. The number of anilines is 2. The van der Waals surface area contributed by atoms with Crippen LogP contribution in [0.1, 0.15) is 36.7 Å². The highest BCUT2D eigenvalue weighted by Gasteiger charge is 2.15. The van der Waals surface area contributed by atoms with Gasteiger partial charge in [-0.2, -0.15) is 0 Å². The fourth-order valence-corrected chi connectivity index (χ4v) is 2.69. The average Bonchev–Trinajstić information content (AvgIpc) is 2.69. The van der Waals surface area contributed by atoms with Crippen LogP contribution in [0.4, 0.5) is 11.5 Å². The standard InChI is InChI=1S/C21H23N5O2/c1-21(2,3)15-7-5-13(6-8-15)19(27)26-17-9-14(11-23-20(17)28)16-10-18(22-4)25-12-24-16/h5-12H,1-4H3,(H,23,28)(H,26,27)(H,22,24,25). The molecule has 1 amide bonds. The van der Waals surface area contributed by atoms with Crippen LogP contribution in [0.2, 0.25) is 0 Å². The van der Waals surface area contributed by atoms with Gasteiger partial charge in [-0.1, -0.05) is 32.9 Å². The van der Waals surface area contributed by atoms with Gasteiger partial charge in [0.15, 0.2) is 0 Å². The number of pyridine rings is 1. The molecular weight excluding hydrogens is 354 g/mol.